The summed E-state index contributed by atoms with van der Waals surface area (Å²) in [4.78, 5) is 11.9. The zero-order valence-corrected chi connectivity index (χ0v) is 18.1. The third-order valence-corrected chi connectivity index (χ3v) is 6.26. The van der Waals surface area contributed by atoms with E-state index >= 15 is 0 Å². The van der Waals surface area contributed by atoms with Crippen LogP contribution in [0.15, 0.2) is 22.6 Å². The number of likely N-dealkylation sites (tertiary alicyclic amines) is 1. The first kappa shape index (κ1) is 20.8. The highest BCUT2D eigenvalue weighted by molar-refractivity contribution is 7.09. The molecule has 28 heavy (non-hydrogen) atoms. The minimum Gasteiger partial charge on any atom is -0.357 e. The minimum atomic E-state index is 0.637. The summed E-state index contributed by atoms with van der Waals surface area (Å²) in [6, 6.07) is 2.01. The van der Waals surface area contributed by atoms with Crippen molar-refractivity contribution in [1.29, 1.82) is 0 Å². The summed E-state index contributed by atoms with van der Waals surface area (Å²) in [7, 11) is 1.95. The number of nitrogens with one attached hydrogen (secondary N) is 2. The fraction of sp³-hybridized carbons (Fsp3) is 0.650. The summed E-state index contributed by atoms with van der Waals surface area (Å²) in [6.45, 7) is 10.0. The van der Waals surface area contributed by atoms with Gasteiger partial charge in [0.2, 0.25) is 0 Å². The number of piperidine rings is 1. The number of rotatable bonds is 8. The molecule has 8 heteroatoms. The highest BCUT2D eigenvalue weighted by atomic mass is 32.1. The molecular weight excluding hydrogens is 370 g/mol. The third-order valence-electron chi connectivity index (χ3n) is 5.22. The second-order valence-electron chi connectivity index (χ2n) is 7.33. The van der Waals surface area contributed by atoms with Gasteiger partial charge in [-0.3, -0.25) is 9.58 Å². The maximum absolute atomic E-state index is 4.70. The monoisotopic (exact) mass is 403 g/mol. The molecule has 0 unspecified atom stereocenters. The first-order valence-corrected chi connectivity index (χ1v) is 11.2. The molecule has 2 aromatic rings. The molecule has 1 saturated heterocycles. The first-order valence-electron chi connectivity index (χ1n) is 10.3. The van der Waals surface area contributed by atoms with Crippen LogP contribution in [-0.4, -0.2) is 51.8 Å². The molecule has 0 radical (unpaired) electrons. The molecule has 1 fully saturated rings. The van der Waals surface area contributed by atoms with Crippen LogP contribution in [0.5, 0.6) is 0 Å². The molecule has 3 rings (SSSR count). The molecule has 1 aliphatic heterocycles. The van der Waals surface area contributed by atoms with E-state index in [4.69, 9.17) is 9.98 Å². The van der Waals surface area contributed by atoms with Crippen LogP contribution in [0, 0.1) is 5.92 Å². The lowest BCUT2D eigenvalue weighted by atomic mass is 9.97. The van der Waals surface area contributed by atoms with Gasteiger partial charge in [0, 0.05) is 38.3 Å². The van der Waals surface area contributed by atoms with E-state index in [2.05, 4.69) is 39.9 Å². The predicted octanol–water partition coefficient (Wildman–Crippen LogP) is 2.41. The fourth-order valence-electron chi connectivity index (χ4n) is 3.46. The number of guanidine groups is 1. The first-order chi connectivity index (χ1) is 13.7. The van der Waals surface area contributed by atoms with E-state index in [0.717, 1.165) is 50.8 Å². The van der Waals surface area contributed by atoms with Gasteiger partial charge >= 0.3 is 0 Å². The van der Waals surface area contributed by atoms with Gasteiger partial charge in [-0.2, -0.15) is 5.10 Å². The molecule has 0 saturated carbocycles. The van der Waals surface area contributed by atoms with Crippen LogP contribution < -0.4 is 10.6 Å². The van der Waals surface area contributed by atoms with Crippen LogP contribution in [0.25, 0.3) is 0 Å². The molecule has 0 bridgehead atoms. The van der Waals surface area contributed by atoms with Crippen molar-refractivity contribution in [3.05, 3.63) is 34.0 Å². The Morgan fingerprint density at radius 3 is 2.75 bits per heavy atom. The van der Waals surface area contributed by atoms with E-state index < -0.39 is 0 Å². The Morgan fingerprint density at radius 1 is 1.29 bits per heavy atom. The Kier molecular flexibility index (Phi) is 7.85. The van der Waals surface area contributed by atoms with Crippen molar-refractivity contribution < 1.29 is 0 Å². The van der Waals surface area contributed by atoms with Crippen molar-refractivity contribution in [1.82, 2.24) is 30.3 Å². The summed E-state index contributed by atoms with van der Waals surface area (Å²) >= 11 is 1.79. The van der Waals surface area contributed by atoms with Gasteiger partial charge in [0.15, 0.2) is 5.96 Å². The van der Waals surface area contributed by atoms with Crippen LogP contribution in [0.1, 0.15) is 43.1 Å². The van der Waals surface area contributed by atoms with Gasteiger partial charge < -0.3 is 10.6 Å². The van der Waals surface area contributed by atoms with E-state index in [1.165, 1.54) is 23.5 Å². The van der Waals surface area contributed by atoms with Crippen LogP contribution >= 0.6 is 11.3 Å². The van der Waals surface area contributed by atoms with Crippen molar-refractivity contribution in [3.63, 3.8) is 0 Å². The molecule has 0 amide bonds. The van der Waals surface area contributed by atoms with E-state index in [-0.39, 0.29) is 0 Å². The average molecular weight is 404 g/mol. The van der Waals surface area contributed by atoms with Crippen LogP contribution in [0.3, 0.4) is 0 Å². The lowest BCUT2D eigenvalue weighted by Gasteiger charge is -2.31. The van der Waals surface area contributed by atoms with Gasteiger partial charge in [-0.05, 0) is 51.3 Å². The second kappa shape index (κ2) is 10.6. The summed E-state index contributed by atoms with van der Waals surface area (Å²) in [5, 5.41) is 14.5. The molecule has 7 nitrogen and oxygen atoms in total. The molecule has 1 aliphatic rings. The van der Waals surface area contributed by atoms with Crippen LogP contribution in [-0.2, 0) is 26.6 Å². The molecule has 2 aromatic heterocycles. The van der Waals surface area contributed by atoms with Crippen molar-refractivity contribution in [3.8, 4) is 0 Å². The lowest BCUT2D eigenvalue weighted by molar-refractivity contribution is 0.176. The van der Waals surface area contributed by atoms with E-state index in [1.807, 2.05) is 24.0 Å². The number of aromatic nitrogens is 3. The normalized spacial score (nSPS) is 16.5. The number of aliphatic imine (C=N–C) groups is 1. The largest absolute Gasteiger partial charge is 0.357 e. The Labute approximate surface area is 172 Å². The SMILES string of the molecule is CCNC(=NCc1ccnn1C)NCC1CCN(Cc2csc(CC)n2)CC1. The number of hydrogen-bond acceptors (Lipinski definition) is 5. The number of aryl methyl sites for hydroxylation is 2. The Morgan fingerprint density at radius 2 is 2.11 bits per heavy atom. The number of nitrogens with zero attached hydrogens (tertiary/aromatic N) is 5. The minimum absolute atomic E-state index is 0.637. The lowest BCUT2D eigenvalue weighted by Crippen LogP contribution is -2.42. The molecule has 0 atom stereocenters. The summed E-state index contributed by atoms with van der Waals surface area (Å²) in [5.41, 5.74) is 2.34. The maximum atomic E-state index is 4.70. The van der Waals surface area contributed by atoms with E-state index in [1.54, 1.807) is 11.3 Å². The topological polar surface area (TPSA) is 70.4 Å². The quantitative estimate of drug-likeness (QED) is 0.523. The molecule has 0 aliphatic carbocycles. The zero-order chi connectivity index (χ0) is 19.8. The summed E-state index contributed by atoms with van der Waals surface area (Å²) in [5.74, 6) is 1.58. The summed E-state index contributed by atoms with van der Waals surface area (Å²) < 4.78 is 1.87. The maximum Gasteiger partial charge on any atom is 0.191 e. The van der Waals surface area contributed by atoms with Crippen LogP contribution in [0.4, 0.5) is 0 Å². The van der Waals surface area contributed by atoms with Crippen molar-refractivity contribution in [2.24, 2.45) is 18.0 Å². The Bertz CT molecular complexity index is 743. The second-order valence-corrected chi connectivity index (χ2v) is 8.27. The Hall–Kier alpha value is -1.93. The molecule has 2 N–H and O–H groups in total. The highest BCUT2D eigenvalue weighted by Gasteiger charge is 2.20. The van der Waals surface area contributed by atoms with E-state index in [0.29, 0.717) is 12.5 Å². The van der Waals surface area contributed by atoms with Crippen molar-refractivity contribution in [2.45, 2.75) is 46.2 Å². The molecule has 3 heterocycles. The number of hydrogen-bond donors (Lipinski definition) is 2. The Balaban J connectivity index is 1.42. The van der Waals surface area contributed by atoms with Crippen molar-refractivity contribution >= 4 is 17.3 Å². The molecule has 0 aromatic carbocycles. The number of thiazole rings is 1. The van der Waals surface area contributed by atoms with Crippen LogP contribution in [0.2, 0.25) is 0 Å². The predicted molar refractivity (Wildman–Crippen MR) is 116 cm³/mol. The van der Waals surface area contributed by atoms with Crippen molar-refractivity contribution in [2.75, 3.05) is 26.2 Å². The highest BCUT2D eigenvalue weighted by Crippen LogP contribution is 2.19. The molecular formula is C20H33N7S. The summed E-state index contributed by atoms with van der Waals surface area (Å²) in [6.07, 6.45) is 5.29. The zero-order valence-electron chi connectivity index (χ0n) is 17.3. The van der Waals surface area contributed by atoms with Gasteiger partial charge in [0.1, 0.15) is 0 Å². The van der Waals surface area contributed by atoms with Gasteiger partial charge in [-0.25, -0.2) is 9.98 Å². The van der Waals surface area contributed by atoms with Gasteiger partial charge in [-0.15, -0.1) is 11.3 Å². The standard InChI is InChI=1S/C20H33N7S/c1-4-19-25-17(15-28-19)14-27-10-7-16(8-11-27)12-22-20(21-5-2)23-13-18-6-9-24-26(18)3/h6,9,15-16H,4-5,7-8,10-14H2,1-3H3,(H2,21,22,23). The van der Waals surface area contributed by atoms with E-state index in [9.17, 15) is 0 Å². The third kappa shape index (κ3) is 6.04. The fourth-order valence-corrected chi connectivity index (χ4v) is 4.20. The molecule has 154 valence electrons. The molecule has 0 spiro atoms. The average Bonchev–Trinajstić information content (AvgIpc) is 3.33. The van der Waals surface area contributed by atoms with Gasteiger partial charge in [0.05, 0.1) is 22.9 Å². The smallest absolute Gasteiger partial charge is 0.191 e. The van der Waals surface area contributed by atoms with Gasteiger partial charge in [-0.1, -0.05) is 6.92 Å². The van der Waals surface area contributed by atoms with Gasteiger partial charge in [0.25, 0.3) is 0 Å².